The highest BCUT2D eigenvalue weighted by Crippen LogP contribution is 2.27. The van der Waals surface area contributed by atoms with Crippen LogP contribution in [0.5, 0.6) is 0 Å². The molecule has 2 rings (SSSR count). The Morgan fingerprint density at radius 1 is 1.56 bits per heavy atom. The monoisotopic (exact) mass is 303 g/mol. The first-order chi connectivity index (χ1) is 7.39. The Bertz CT molecular complexity index is 440. The first kappa shape index (κ1) is 11.9. The first-order valence-corrected chi connectivity index (χ1v) is 6.03. The number of carbonyl (C=O) groups excluding carboxylic acids is 1. The van der Waals surface area contributed by atoms with Gasteiger partial charge in [0.15, 0.2) is 0 Å². The molecule has 0 aliphatic carbocycles. The molecule has 16 heavy (non-hydrogen) atoms. The van der Waals surface area contributed by atoms with Gasteiger partial charge in [0.2, 0.25) is 0 Å². The third-order valence-corrected chi connectivity index (χ3v) is 3.32. The molecule has 1 fully saturated rings. The van der Waals surface area contributed by atoms with Gasteiger partial charge in [-0.1, -0.05) is 27.5 Å². The van der Waals surface area contributed by atoms with Crippen LogP contribution < -0.4 is 0 Å². The van der Waals surface area contributed by atoms with Crippen molar-refractivity contribution in [3.63, 3.8) is 0 Å². The number of amides is 1. The zero-order valence-corrected chi connectivity index (χ0v) is 11.0. The lowest BCUT2D eigenvalue weighted by Gasteiger charge is -2.44. The summed E-state index contributed by atoms with van der Waals surface area (Å²) in [6.07, 6.45) is 0. The van der Waals surface area contributed by atoms with Crippen LogP contribution >= 0.6 is 27.5 Å². The lowest BCUT2D eigenvalue weighted by molar-refractivity contribution is -0.0668. The molecular formula is C11H11BrClNO2. The third kappa shape index (κ3) is 2.24. The van der Waals surface area contributed by atoms with E-state index in [0.717, 1.165) is 4.47 Å². The molecule has 0 bridgehead atoms. The van der Waals surface area contributed by atoms with Crippen LogP contribution in [0.15, 0.2) is 22.7 Å². The molecule has 1 heterocycles. The van der Waals surface area contributed by atoms with E-state index < -0.39 is 5.60 Å². The van der Waals surface area contributed by atoms with E-state index in [-0.39, 0.29) is 5.91 Å². The summed E-state index contributed by atoms with van der Waals surface area (Å²) in [5, 5.41) is 9.98. The third-order valence-electron chi connectivity index (χ3n) is 2.51. The SMILES string of the molecule is CC1(O)CN(C(=O)c2ccc(Br)cc2Cl)C1. The van der Waals surface area contributed by atoms with E-state index in [1.165, 1.54) is 0 Å². The van der Waals surface area contributed by atoms with E-state index >= 15 is 0 Å². The van der Waals surface area contributed by atoms with Crippen LogP contribution in [-0.4, -0.2) is 34.6 Å². The number of β-amino-alcohol motifs (C(OH)–C–C–N with tert-alkyl or cyclic N) is 1. The van der Waals surface area contributed by atoms with Crippen molar-refractivity contribution >= 4 is 33.4 Å². The molecular weight excluding hydrogens is 293 g/mol. The largest absolute Gasteiger partial charge is 0.386 e. The Balaban J connectivity index is 2.16. The molecule has 0 aromatic heterocycles. The molecule has 0 saturated carbocycles. The molecule has 86 valence electrons. The van der Waals surface area contributed by atoms with Crippen LogP contribution in [0.1, 0.15) is 17.3 Å². The van der Waals surface area contributed by atoms with Crippen LogP contribution in [0.3, 0.4) is 0 Å². The molecule has 1 aliphatic heterocycles. The van der Waals surface area contributed by atoms with Gasteiger partial charge in [0, 0.05) is 4.47 Å². The van der Waals surface area contributed by atoms with Crippen molar-refractivity contribution in [1.29, 1.82) is 0 Å². The van der Waals surface area contributed by atoms with Crippen molar-refractivity contribution in [2.45, 2.75) is 12.5 Å². The fraction of sp³-hybridized carbons (Fsp3) is 0.364. The molecule has 0 spiro atoms. The van der Waals surface area contributed by atoms with Gasteiger partial charge in [-0.05, 0) is 25.1 Å². The Kier molecular flexibility index (Phi) is 2.99. The fourth-order valence-corrected chi connectivity index (χ4v) is 2.51. The van der Waals surface area contributed by atoms with Gasteiger partial charge in [-0.15, -0.1) is 0 Å². The topological polar surface area (TPSA) is 40.5 Å². The van der Waals surface area contributed by atoms with E-state index in [1.807, 2.05) is 0 Å². The number of hydrogen-bond donors (Lipinski definition) is 1. The van der Waals surface area contributed by atoms with Crippen molar-refractivity contribution in [3.05, 3.63) is 33.3 Å². The van der Waals surface area contributed by atoms with Crippen LogP contribution in [0.2, 0.25) is 5.02 Å². The highest BCUT2D eigenvalue weighted by Gasteiger charge is 2.40. The summed E-state index contributed by atoms with van der Waals surface area (Å²) < 4.78 is 0.838. The molecule has 1 amide bonds. The lowest BCUT2D eigenvalue weighted by atomic mass is 9.96. The van der Waals surface area contributed by atoms with Crippen molar-refractivity contribution < 1.29 is 9.90 Å². The second-order valence-corrected chi connectivity index (χ2v) is 5.61. The normalized spacial score (nSPS) is 18.1. The van der Waals surface area contributed by atoms with Crippen molar-refractivity contribution in [2.75, 3.05) is 13.1 Å². The summed E-state index contributed by atoms with van der Waals surface area (Å²) in [7, 11) is 0. The van der Waals surface area contributed by atoms with Gasteiger partial charge in [0.05, 0.1) is 29.3 Å². The molecule has 0 radical (unpaired) electrons. The minimum absolute atomic E-state index is 0.135. The fourth-order valence-electron chi connectivity index (χ4n) is 1.75. The zero-order valence-electron chi connectivity index (χ0n) is 8.70. The number of halogens is 2. The summed E-state index contributed by atoms with van der Waals surface area (Å²) in [4.78, 5) is 13.5. The summed E-state index contributed by atoms with van der Waals surface area (Å²) in [5.41, 5.74) is -0.280. The van der Waals surface area contributed by atoms with E-state index in [0.29, 0.717) is 23.7 Å². The van der Waals surface area contributed by atoms with Gasteiger partial charge in [-0.3, -0.25) is 4.79 Å². The lowest BCUT2D eigenvalue weighted by Crippen LogP contribution is -2.61. The molecule has 1 aromatic rings. The number of likely N-dealkylation sites (tertiary alicyclic amines) is 1. The highest BCUT2D eigenvalue weighted by atomic mass is 79.9. The second kappa shape index (κ2) is 4.02. The Morgan fingerprint density at radius 3 is 2.69 bits per heavy atom. The molecule has 3 nitrogen and oxygen atoms in total. The number of benzene rings is 1. The molecule has 1 saturated heterocycles. The van der Waals surface area contributed by atoms with Crippen LogP contribution in [-0.2, 0) is 0 Å². The summed E-state index contributed by atoms with van der Waals surface area (Å²) in [6, 6.07) is 5.14. The van der Waals surface area contributed by atoms with Gasteiger partial charge in [-0.2, -0.15) is 0 Å². The van der Waals surface area contributed by atoms with Gasteiger partial charge >= 0.3 is 0 Å². The van der Waals surface area contributed by atoms with Crippen LogP contribution in [0.25, 0.3) is 0 Å². The zero-order chi connectivity index (χ0) is 11.9. The average molecular weight is 305 g/mol. The smallest absolute Gasteiger partial charge is 0.255 e. The average Bonchev–Trinajstić information content (AvgIpc) is 2.13. The van der Waals surface area contributed by atoms with Crippen molar-refractivity contribution in [2.24, 2.45) is 0 Å². The summed E-state index contributed by atoms with van der Waals surface area (Å²) >= 11 is 9.26. The highest BCUT2D eigenvalue weighted by molar-refractivity contribution is 9.10. The molecule has 1 aromatic carbocycles. The summed E-state index contributed by atoms with van der Waals surface area (Å²) in [5.74, 6) is -0.135. The Hall–Kier alpha value is -0.580. The van der Waals surface area contributed by atoms with Crippen molar-refractivity contribution in [1.82, 2.24) is 4.90 Å². The molecule has 5 heteroatoms. The molecule has 0 unspecified atom stereocenters. The predicted molar refractivity (Wildman–Crippen MR) is 65.7 cm³/mol. The number of carbonyl (C=O) groups is 1. The predicted octanol–water partition coefficient (Wildman–Crippen LogP) is 2.31. The maximum atomic E-state index is 12.0. The minimum atomic E-state index is -0.752. The number of nitrogens with zero attached hydrogens (tertiary/aromatic N) is 1. The van der Waals surface area contributed by atoms with Crippen LogP contribution in [0.4, 0.5) is 0 Å². The first-order valence-electron chi connectivity index (χ1n) is 4.86. The second-order valence-electron chi connectivity index (χ2n) is 4.28. The Morgan fingerprint density at radius 2 is 2.19 bits per heavy atom. The maximum absolute atomic E-state index is 12.0. The number of hydrogen-bond acceptors (Lipinski definition) is 2. The van der Waals surface area contributed by atoms with Gasteiger partial charge < -0.3 is 10.0 Å². The van der Waals surface area contributed by atoms with E-state index in [2.05, 4.69) is 15.9 Å². The van der Waals surface area contributed by atoms with Gasteiger partial charge in [0.1, 0.15) is 0 Å². The summed E-state index contributed by atoms with van der Waals surface area (Å²) in [6.45, 7) is 2.43. The quantitative estimate of drug-likeness (QED) is 0.865. The standard InChI is InChI=1S/C11H11BrClNO2/c1-11(16)5-14(6-11)10(15)8-3-2-7(12)4-9(8)13/h2-4,16H,5-6H2,1H3. The Labute approximate surface area is 107 Å². The van der Waals surface area contributed by atoms with Gasteiger partial charge in [-0.25, -0.2) is 0 Å². The number of rotatable bonds is 1. The maximum Gasteiger partial charge on any atom is 0.255 e. The van der Waals surface area contributed by atoms with Gasteiger partial charge in [0.25, 0.3) is 5.91 Å². The van der Waals surface area contributed by atoms with E-state index in [9.17, 15) is 9.90 Å². The van der Waals surface area contributed by atoms with Crippen LogP contribution in [0, 0.1) is 0 Å². The van der Waals surface area contributed by atoms with E-state index in [4.69, 9.17) is 11.6 Å². The molecule has 1 aliphatic rings. The molecule has 1 N–H and O–H groups in total. The van der Waals surface area contributed by atoms with Crippen molar-refractivity contribution in [3.8, 4) is 0 Å². The van der Waals surface area contributed by atoms with E-state index in [1.54, 1.807) is 30.0 Å². The molecule has 0 atom stereocenters. The minimum Gasteiger partial charge on any atom is -0.386 e. The number of aliphatic hydroxyl groups is 1.